The van der Waals surface area contributed by atoms with Crippen LogP contribution >= 0.6 is 11.3 Å². The fraction of sp³-hybridized carbons (Fsp3) is 0.214. The van der Waals surface area contributed by atoms with Crippen molar-refractivity contribution in [2.24, 2.45) is 5.73 Å². The molecular formula is C14H14F2N2O5S2. The van der Waals surface area contributed by atoms with E-state index in [0.717, 1.165) is 17.4 Å². The topological polar surface area (TPSA) is 108 Å². The number of thiophene rings is 1. The van der Waals surface area contributed by atoms with Crippen molar-refractivity contribution in [1.82, 2.24) is 0 Å². The number of methoxy groups -OCH3 is 1. The highest BCUT2D eigenvalue weighted by Gasteiger charge is 2.21. The summed E-state index contributed by atoms with van der Waals surface area (Å²) in [4.78, 5) is 11.3. The number of primary amides is 1. The van der Waals surface area contributed by atoms with Crippen LogP contribution in [-0.2, 0) is 10.0 Å². The number of amides is 1. The van der Waals surface area contributed by atoms with Gasteiger partial charge in [-0.05, 0) is 30.3 Å². The molecule has 2 rings (SSSR count). The van der Waals surface area contributed by atoms with E-state index in [1.54, 1.807) is 0 Å². The molecular weight excluding hydrogens is 378 g/mol. The molecule has 0 unspecified atom stereocenters. The molecule has 2 aromatic rings. The first-order chi connectivity index (χ1) is 11.7. The average molecular weight is 392 g/mol. The van der Waals surface area contributed by atoms with Crippen LogP contribution in [0.2, 0.25) is 0 Å². The second-order valence-corrected chi connectivity index (χ2v) is 7.62. The summed E-state index contributed by atoms with van der Waals surface area (Å²) in [5.74, 6) is -0.962. The molecule has 0 saturated heterocycles. The van der Waals surface area contributed by atoms with Crippen LogP contribution in [0.25, 0.3) is 0 Å². The maximum Gasteiger partial charge on any atom is 0.272 e. The molecule has 0 aliphatic heterocycles. The molecule has 0 radical (unpaired) electrons. The van der Waals surface area contributed by atoms with E-state index in [9.17, 15) is 22.0 Å². The second-order valence-electron chi connectivity index (χ2n) is 4.66. The van der Waals surface area contributed by atoms with Gasteiger partial charge in [-0.25, -0.2) is 17.2 Å². The average Bonchev–Trinajstić information content (AvgIpc) is 3.03. The van der Waals surface area contributed by atoms with Gasteiger partial charge in [0.15, 0.2) is 5.06 Å². The first-order valence-corrected chi connectivity index (χ1v) is 9.04. The van der Waals surface area contributed by atoms with Crippen LogP contribution in [0.3, 0.4) is 0 Å². The van der Waals surface area contributed by atoms with Gasteiger partial charge in [0, 0.05) is 5.56 Å². The highest BCUT2D eigenvalue weighted by Crippen LogP contribution is 2.32. The molecule has 0 atom stereocenters. The monoisotopic (exact) mass is 392 g/mol. The summed E-state index contributed by atoms with van der Waals surface area (Å²) in [5.41, 5.74) is 4.97. The van der Waals surface area contributed by atoms with Gasteiger partial charge in [0.05, 0.1) is 12.8 Å². The molecule has 1 amide bonds. The van der Waals surface area contributed by atoms with Crippen LogP contribution in [-0.4, -0.2) is 34.5 Å². The van der Waals surface area contributed by atoms with Crippen molar-refractivity contribution in [2.75, 3.05) is 18.4 Å². The van der Waals surface area contributed by atoms with E-state index in [0.29, 0.717) is 5.06 Å². The first kappa shape index (κ1) is 18.9. The van der Waals surface area contributed by atoms with E-state index in [1.807, 2.05) is 0 Å². The van der Waals surface area contributed by atoms with Crippen LogP contribution < -0.4 is 19.9 Å². The molecule has 3 N–H and O–H groups in total. The maximum atomic E-state index is 12.4. The summed E-state index contributed by atoms with van der Waals surface area (Å²) in [7, 11) is -2.65. The summed E-state index contributed by atoms with van der Waals surface area (Å²) in [5, 5.41) is 0.375. The number of hydrogen-bond acceptors (Lipinski definition) is 6. The van der Waals surface area contributed by atoms with E-state index in [-0.39, 0.29) is 21.2 Å². The van der Waals surface area contributed by atoms with E-state index in [2.05, 4.69) is 4.72 Å². The smallest absolute Gasteiger partial charge is 0.272 e. The number of rotatable bonds is 8. The van der Waals surface area contributed by atoms with Gasteiger partial charge in [0.25, 0.3) is 16.4 Å². The summed E-state index contributed by atoms with van der Waals surface area (Å²) < 4.78 is 61.5. The Morgan fingerprint density at radius 2 is 2.04 bits per heavy atom. The van der Waals surface area contributed by atoms with Gasteiger partial charge in [-0.1, -0.05) is 11.3 Å². The van der Waals surface area contributed by atoms with Crippen LogP contribution in [0.1, 0.15) is 10.4 Å². The van der Waals surface area contributed by atoms with Crippen molar-refractivity contribution >= 4 is 33.0 Å². The predicted octanol–water partition coefficient (Wildman–Crippen LogP) is 2.30. The molecule has 0 saturated carbocycles. The Balaban J connectivity index is 2.37. The Morgan fingerprint density at radius 1 is 1.32 bits per heavy atom. The summed E-state index contributed by atoms with van der Waals surface area (Å²) >= 11 is 0.869. The molecule has 0 spiro atoms. The maximum absolute atomic E-state index is 12.4. The van der Waals surface area contributed by atoms with E-state index < -0.39 is 29.0 Å². The number of carbonyl (C=O) groups is 1. The van der Waals surface area contributed by atoms with Gasteiger partial charge in [0.1, 0.15) is 16.6 Å². The minimum Gasteiger partial charge on any atom is -0.487 e. The third-order valence-electron chi connectivity index (χ3n) is 2.90. The third kappa shape index (κ3) is 4.79. The summed E-state index contributed by atoms with van der Waals surface area (Å²) in [6.45, 7) is -0.933. The predicted molar refractivity (Wildman–Crippen MR) is 88.1 cm³/mol. The fourth-order valence-electron chi connectivity index (χ4n) is 1.79. The zero-order valence-corrected chi connectivity index (χ0v) is 14.5. The van der Waals surface area contributed by atoms with Crippen molar-refractivity contribution in [3.8, 4) is 10.8 Å². The minimum atomic E-state index is -4.04. The Bertz CT molecular complexity index is 868. The number of sulfonamides is 1. The molecule has 0 bridgehead atoms. The lowest BCUT2D eigenvalue weighted by molar-refractivity contribution is 0.0822. The second kappa shape index (κ2) is 7.66. The molecule has 0 aliphatic carbocycles. The van der Waals surface area contributed by atoms with Gasteiger partial charge >= 0.3 is 0 Å². The SMILES string of the molecule is COc1ccc(S(=O)(=O)Nc2cc(C(N)=O)ccc2OCC(F)F)s1. The number of carbonyl (C=O) groups excluding carboxylic acids is 1. The summed E-state index contributed by atoms with van der Waals surface area (Å²) in [6, 6.07) is 6.34. The van der Waals surface area contributed by atoms with Crippen LogP contribution in [0.5, 0.6) is 10.8 Å². The number of nitrogens with two attached hydrogens (primary N) is 1. The van der Waals surface area contributed by atoms with Gasteiger partial charge in [0.2, 0.25) is 5.91 Å². The molecule has 1 aromatic carbocycles. The number of nitrogens with one attached hydrogen (secondary N) is 1. The third-order valence-corrected chi connectivity index (χ3v) is 5.80. The molecule has 1 aromatic heterocycles. The Hall–Kier alpha value is -2.40. The highest BCUT2D eigenvalue weighted by atomic mass is 32.2. The first-order valence-electron chi connectivity index (χ1n) is 6.74. The van der Waals surface area contributed by atoms with E-state index >= 15 is 0 Å². The number of alkyl halides is 2. The van der Waals surface area contributed by atoms with Crippen molar-refractivity contribution in [2.45, 2.75) is 10.6 Å². The molecule has 0 fully saturated rings. The molecule has 25 heavy (non-hydrogen) atoms. The highest BCUT2D eigenvalue weighted by molar-refractivity contribution is 7.94. The molecule has 11 heteroatoms. The number of benzene rings is 1. The summed E-state index contributed by atoms with van der Waals surface area (Å²) in [6.07, 6.45) is -2.75. The Morgan fingerprint density at radius 3 is 2.60 bits per heavy atom. The molecule has 136 valence electrons. The number of hydrogen-bond donors (Lipinski definition) is 2. The van der Waals surface area contributed by atoms with E-state index in [1.165, 1.54) is 31.4 Å². The zero-order valence-electron chi connectivity index (χ0n) is 12.9. The number of halogens is 2. The standard InChI is InChI=1S/C14H14F2N2O5S2/c1-22-12-4-5-13(24-12)25(20,21)18-9-6-8(14(17)19)2-3-10(9)23-7-11(15)16/h2-6,11,18H,7H2,1H3,(H2,17,19). The molecule has 1 heterocycles. The fourth-order valence-corrected chi connectivity index (χ4v) is 3.95. The van der Waals surface area contributed by atoms with Crippen LogP contribution in [0.4, 0.5) is 14.5 Å². The van der Waals surface area contributed by atoms with Gasteiger partial charge in [-0.3, -0.25) is 9.52 Å². The van der Waals surface area contributed by atoms with Crippen molar-refractivity contribution in [3.05, 3.63) is 35.9 Å². The van der Waals surface area contributed by atoms with E-state index in [4.69, 9.17) is 15.2 Å². The minimum absolute atomic E-state index is 0.00847. The van der Waals surface area contributed by atoms with Crippen molar-refractivity contribution < 1.29 is 31.5 Å². The zero-order chi connectivity index (χ0) is 18.6. The quantitative estimate of drug-likeness (QED) is 0.717. The lowest BCUT2D eigenvalue weighted by atomic mass is 10.2. The van der Waals surface area contributed by atoms with Gasteiger partial charge in [-0.2, -0.15) is 0 Å². The lowest BCUT2D eigenvalue weighted by Crippen LogP contribution is -2.16. The number of anilines is 1. The Kier molecular flexibility index (Phi) is 5.80. The van der Waals surface area contributed by atoms with Crippen LogP contribution in [0.15, 0.2) is 34.5 Å². The molecule has 0 aliphatic rings. The van der Waals surface area contributed by atoms with Crippen molar-refractivity contribution in [1.29, 1.82) is 0 Å². The Labute approximate surface area is 146 Å². The molecule has 7 nitrogen and oxygen atoms in total. The number of ether oxygens (including phenoxy) is 2. The largest absolute Gasteiger partial charge is 0.487 e. The normalized spacial score (nSPS) is 11.4. The van der Waals surface area contributed by atoms with Crippen LogP contribution in [0, 0.1) is 0 Å². The van der Waals surface area contributed by atoms with Crippen molar-refractivity contribution in [3.63, 3.8) is 0 Å². The van der Waals surface area contributed by atoms with Gasteiger partial charge < -0.3 is 15.2 Å². The lowest BCUT2D eigenvalue weighted by Gasteiger charge is -2.14. The van der Waals surface area contributed by atoms with Gasteiger partial charge in [-0.15, -0.1) is 0 Å².